The number of halogens is 1. The van der Waals surface area contributed by atoms with Crippen molar-refractivity contribution in [2.45, 2.75) is 20.4 Å². The Morgan fingerprint density at radius 1 is 1.19 bits per heavy atom. The Kier molecular flexibility index (Phi) is 5.73. The van der Waals surface area contributed by atoms with E-state index in [1.807, 2.05) is 25.3 Å². The topological polar surface area (TPSA) is 56.1 Å². The van der Waals surface area contributed by atoms with E-state index in [4.69, 9.17) is 4.74 Å². The van der Waals surface area contributed by atoms with Gasteiger partial charge in [0.2, 0.25) is 0 Å². The van der Waals surface area contributed by atoms with Gasteiger partial charge < -0.3 is 10.1 Å². The van der Waals surface area contributed by atoms with Gasteiger partial charge in [-0.15, -0.1) is 0 Å². The number of carbonyl (C=O) groups excluding carboxylic acids is 1. The third-order valence-corrected chi connectivity index (χ3v) is 4.43. The number of rotatable bonds is 6. The van der Waals surface area contributed by atoms with Crippen molar-refractivity contribution in [2.24, 2.45) is 0 Å². The van der Waals surface area contributed by atoms with Crippen LogP contribution < -0.4 is 10.1 Å². The van der Waals surface area contributed by atoms with Gasteiger partial charge in [0.05, 0.1) is 23.2 Å². The summed E-state index contributed by atoms with van der Waals surface area (Å²) in [6, 6.07) is 15.4. The van der Waals surface area contributed by atoms with Crippen molar-refractivity contribution in [3.05, 3.63) is 75.9 Å². The lowest BCUT2D eigenvalue weighted by Crippen LogP contribution is -2.14. The first-order chi connectivity index (χ1) is 12.6. The second-order valence-electron chi connectivity index (χ2n) is 5.89. The molecular formula is C20H20BrN3O2. The van der Waals surface area contributed by atoms with Crippen LogP contribution in [0.2, 0.25) is 0 Å². The number of carbonyl (C=O) groups is 1. The number of ether oxygens (including phenoxy) is 1. The molecule has 0 aliphatic heterocycles. The van der Waals surface area contributed by atoms with Crippen molar-refractivity contribution in [1.82, 2.24) is 9.78 Å². The smallest absolute Gasteiger partial charge is 0.260 e. The number of nitrogens with one attached hydrogen (secondary N) is 1. The zero-order valence-electron chi connectivity index (χ0n) is 14.7. The summed E-state index contributed by atoms with van der Waals surface area (Å²) in [5.74, 6) is 0.784. The molecule has 0 aliphatic carbocycles. The Bertz CT molecular complexity index is 904. The molecule has 5 nitrogen and oxygen atoms in total. The molecule has 3 rings (SSSR count). The van der Waals surface area contributed by atoms with E-state index >= 15 is 0 Å². The number of nitrogens with zero attached hydrogens (tertiary/aromatic N) is 2. The number of anilines is 1. The molecule has 1 N–H and O–H groups in total. The number of benzene rings is 2. The first-order valence-electron chi connectivity index (χ1n) is 8.38. The molecule has 0 unspecified atom stereocenters. The number of amides is 1. The van der Waals surface area contributed by atoms with Crippen molar-refractivity contribution in [3.8, 4) is 5.75 Å². The average molecular weight is 414 g/mol. The van der Waals surface area contributed by atoms with Crippen LogP contribution in [0.15, 0.2) is 59.2 Å². The molecule has 3 aromatic rings. The van der Waals surface area contributed by atoms with Crippen LogP contribution in [0.5, 0.6) is 5.75 Å². The molecule has 0 atom stereocenters. The van der Waals surface area contributed by atoms with Gasteiger partial charge in [0.15, 0.2) is 5.82 Å². The highest BCUT2D eigenvalue weighted by atomic mass is 79.9. The molecule has 0 spiro atoms. The third-order valence-electron chi connectivity index (χ3n) is 3.85. The minimum atomic E-state index is -0.254. The molecule has 0 saturated heterocycles. The van der Waals surface area contributed by atoms with E-state index in [1.165, 1.54) is 5.56 Å². The van der Waals surface area contributed by atoms with Gasteiger partial charge >= 0.3 is 0 Å². The largest absolute Gasteiger partial charge is 0.493 e. The van der Waals surface area contributed by atoms with E-state index in [1.54, 1.807) is 16.8 Å². The minimum absolute atomic E-state index is 0.254. The van der Waals surface area contributed by atoms with Crippen LogP contribution in [0.3, 0.4) is 0 Å². The van der Waals surface area contributed by atoms with Gasteiger partial charge in [-0.2, -0.15) is 5.10 Å². The lowest BCUT2D eigenvalue weighted by atomic mass is 10.1. The number of hydrogen-bond acceptors (Lipinski definition) is 3. The van der Waals surface area contributed by atoms with Crippen LogP contribution in [0.1, 0.15) is 28.4 Å². The Morgan fingerprint density at radius 2 is 1.92 bits per heavy atom. The van der Waals surface area contributed by atoms with Gasteiger partial charge in [-0.05, 0) is 47.5 Å². The molecule has 1 amide bonds. The molecule has 6 heteroatoms. The monoisotopic (exact) mass is 413 g/mol. The van der Waals surface area contributed by atoms with E-state index in [2.05, 4.69) is 57.5 Å². The molecule has 0 bridgehead atoms. The van der Waals surface area contributed by atoms with E-state index in [0.717, 1.165) is 10.0 Å². The fourth-order valence-corrected chi connectivity index (χ4v) is 2.97. The maximum absolute atomic E-state index is 12.6. The molecule has 1 aromatic heterocycles. The highest BCUT2D eigenvalue weighted by molar-refractivity contribution is 9.10. The quantitative estimate of drug-likeness (QED) is 0.639. The summed E-state index contributed by atoms with van der Waals surface area (Å²) in [6.07, 6.45) is 1.85. The first kappa shape index (κ1) is 18.2. The summed E-state index contributed by atoms with van der Waals surface area (Å²) in [6.45, 7) is 5.07. The van der Waals surface area contributed by atoms with Gasteiger partial charge in [-0.25, -0.2) is 0 Å². The first-order valence-corrected chi connectivity index (χ1v) is 9.17. The van der Waals surface area contributed by atoms with Gasteiger partial charge in [0.1, 0.15) is 5.75 Å². The standard InChI is InChI=1S/C20H20BrN3O2/c1-3-26-18-7-5-4-6-16(18)20(25)22-19-17(21)13-24(23-19)12-15-10-8-14(2)9-11-15/h4-11,13H,3,12H2,1-2H3,(H,22,23,25). The summed E-state index contributed by atoms with van der Waals surface area (Å²) < 4.78 is 8.04. The second kappa shape index (κ2) is 8.19. The van der Waals surface area contributed by atoms with Crippen LogP contribution in [0.25, 0.3) is 0 Å². The number of aryl methyl sites for hydroxylation is 1. The van der Waals surface area contributed by atoms with Crippen LogP contribution in [0, 0.1) is 6.92 Å². The molecule has 0 radical (unpaired) electrons. The molecule has 0 aliphatic rings. The fourth-order valence-electron chi connectivity index (χ4n) is 2.55. The summed E-state index contributed by atoms with van der Waals surface area (Å²) in [7, 11) is 0. The molecule has 0 saturated carbocycles. The third kappa shape index (κ3) is 4.32. The fraction of sp³-hybridized carbons (Fsp3) is 0.200. The van der Waals surface area contributed by atoms with Crippen molar-refractivity contribution in [1.29, 1.82) is 0 Å². The maximum Gasteiger partial charge on any atom is 0.260 e. The summed E-state index contributed by atoms with van der Waals surface area (Å²) in [4.78, 5) is 12.6. The van der Waals surface area contributed by atoms with Crippen LogP contribution in [0.4, 0.5) is 5.82 Å². The highest BCUT2D eigenvalue weighted by Crippen LogP contribution is 2.24. The number of hydrogen-bond donors (Lipinski definition) is 1. The van der Waals surface area contributed by atoms with Crippen molar-refractivity contribution in [3.63, 3.8) is 0 Å². The normalized spacial score (nSPS) is 10.6. The van der Waals surface area contributed by atoms with Crippen LogP contribution in [-0.4, -0.2) is 22.3 Å². The molecule has 2 aromatic carbocycles. The Balaban J connectivity index is 1.75. The molecular weight excluding hydrogens is 394 g/mol. The van der Waals surface area contributed by atoms with Crippen molar-refractivity contribution in [2.75, 3.05) is 11.9 Å². The summed E-state index contributed by atoms with van der Waals surface area (Å²) in [5, 5.41) is 7.31. The lowest BCUT2D eigenvalue weighted by Gasteiger charge is -2.09. The Labute approximate surface area is 161 Å². The highest BCUT2D eigenvalue weighted by Gasteiger charge is 2.15. The van der Waals surface area contributed by atoms with E-state index in [9.17, 15) is 4.79 Å². The molecule has 0 fully saturated rings. The Morgan fingerprint density at radius 3 is 2.65 bits per heavy atom. The van der Waals surface area contributed by atoms with Gasteiger partial charge in [0.25, 0.3) is 5.91 Å². The number of para-hydroxylation sites is 1. The van der Waals surface area contributed by atoms with Crippen molar-refractivity contribution >= 4 is 27.7 Å². The van der Waals surface area contributed by atoms with Gasteiger partial charge in [-0.3, -0.25) is 9.48 Å². The van der Waals surface area contributed by atoms with Crippen molar-refractivity contribution < 1.29 is 9.53 Å². The summed E-state index contributed by atoms with van der Waals surface area (Å²) >= 11 is 3.46. The SMILES string of the molecule is CCOc1ccccc1C(=O)Nc1nn(Cc2ccc(C)cc2)cc1Br. The van der Waals surface area contributed by atoms with Crippen LogP contribution >= 0.6 is 15.9 Å². The van der Waals surface area contributed by atoms with Gasteiger partial charge in [0, 0.05) is 6.20 Å². The maximum atomic E-state index is 12.6. The van der Waals surface area contributed by atoms with E-state index in [-0.39, 0.29) is 5.91 Å². The Hall–Kier alpha value is -2.60. The predicted octanol–water partition coefficient (Wildman–Crippen LogP) is 4.65. The van der Waals surface area contributed by atoms with E-state index in [0.29, 0.717) is 30.3 Å². The van der Waals surface area contributed by atoms with E-state index < -0.39 is 0 Å². The van der Waals surface area contributed by atoms with Crippen LogP contribution in [-0.2, 0) is 6.54 Å². The summed E-state index contributed by atoms with van der Waals surface area (Å²) in [5.41, 5.74) is 2.84. The second-order valence-corrected chi connectivity index (χ2v) is 6.75. The predicted molar refractivity (Wildman–Crippen MR) is 106 cm³/mol. The minimum Gasteiger partial charge on any atom is -0.493 e. The zero-order valence-corrected chi connectivity index (χ0v) is 16.3. The molecule has 26 heavy (non-hydrogen) atoms. The number of aromatic nitrogens is 2. The zero-order chi connectivity index (χ0) is 18.5. The van der Waals surface area contributed by atoms with Gasteiger partial charge in [-0.1, -0.05) is 42.0 Å². The molecule has 1 heterocycles. The average Bonchev–Trinajstić information content (AvgIpc) is 2.97. The molecule has 134 valence electrons. The lowest BCUT2D eigenvalue weighted by molar-refractivity contribution is 0.102.